The molecule has 0 aliphatic carbocycles. The molecule has 0 saturated carbocycles. The van der Waals surface area contributed by atoms with Crippen LogP contribution >= 0.6 is 0 Å². The van der Waals surface area contributed by atoms with E-state index in [1.807, 2.05) is 0 Å². The van der Waals surface area contributed by atoms with Gasteiger partial charge in [-0.25, -0.2) is 9.97 Å². The fourth-order valence-corrected chi connectivity index (χ4v) is 5.82. The molecule has 4 N–H and O–H groups in total. The van der Waals surface area contributed by atoms with Crippen molar-refractivity contribution in [2.24, 2.45) is 0 Å². The van der Waals surface area contributed by atoms with Crippen LogP contribution in [-0.2, 0) is 13.1 Å². The van der Waals surface area contributed by atoms with Crippen molar-refractivity contribution in [2.75, 3.05) is 18.0 Å². The monoisotopic (exact) mass is 491 g/mol. The van der Waals surface area contributed by atoms with Gasteiger partial charge in [-0.3, -0.25) is 0 Å². The van der Waals surface area contributed by atoms with Crippen molar-refractivity contribution < 1.29 is 0 Å². The van der Waals surface area contributed by atoms with Crippen LogP contribution in [0.5, 0.6) is 0 Å². The average molecular weight is 492 g/mol. The van der Waals surface area contributed by atoms with E-state index in [0.717, 1.165) is 72.7 Å². The number of benzene rings is 3. The zero-order valence-corrected chi connectivity index (χ0v) is 21.0. The van der Waals surface area contributed by atoms with Gasteiger partial charge in [-0.2, -0.15) is 0 Å². The average Bonchev–Trinajstić information content (AvgIpc) is 3.74. The minimum absolute atomic E-state index is 0.346. The van der Waals surface area contributed by atoms with Crippen LogP contribution in [0.4, 0.5) is 5.69 Å². The molecule has 0 spiro atoms. The number of anilines is 1. The molecule has 0 amide bonds. The largest absolute Gasteiger partial charge is 0.363 e. The highest BCUT2D eigenvalue weighted by molar-refractivity contribution is 5.77. The van der Waals surface area contributed by atoms with Gasteiger partial charge < -0.3 is 25.5 Å². The van der Waals surface area contributed by atoms with Crippen LogP contribution in [0, 0.1) is 0 Å². The third-order valence-corrected chi connectivity index (χ3v) is 7.78. The first-order valence-corrected chi connectivity index (χ1v) is 13.5. The Balaban J connectivity index is 1.16. The third-order valence-electron chi connectivity index (χ3n) is 7.78. The quantitative estimate of drug-likeness (QED) is 0.242. The molecule has 2 aliphatic heterocycles. The van der Waals surface area contributed by atoms with Gasteiger partial charge in [0.15, 0.2) is 0 Å². The highest BCUT2D eigenvalue weighted by atomic mass is 15.1. The van der Waals surface area contributed by atoms with Crippen LogP contribution in [0.3, 0.4) is 0 Å². The van der Waals surface area contributed by atoms with Crippen LogP contribution < -0.4 is 15.5 Å². The molecular formula is C30H33N7. The zero-order valence-electron chi connectivity index (χ0n) is 21.0. The first-order valence-electron chi connectivity index (χ1n) is 13.5. The van der Waals surface area contributed by atoms with Gasteiger partial charge in [0.25, 0.3) is 0 Å². The molecule has 7 rings (SSSR count). The number of imidazole rings is 2. The number of nitrogens with one attached hydrogen (secondary N) is 4. The van der Waals surface area contributed by atoms with Crippen molar-refractivity contribution in [3.63, 3.8) is 0 Å². The van der Waals surface area contributed by atoms with E-state index in [9.17, 15) is 0 Å². The van der Waals surface area contributed by atoms with Gasteiger partial charge in [0.05, 0.1) is 34.2 Å². The summed E-state index contributed by atoms with van der Waals surface area (Å²) in [6.07, 6.45) is 4.71. The maximum Gasteiger partial charge on any atom is 0.124 e. The Morgan fingerprint density at radius 2 is 1.22 bits per heavy atom. The number of aromatic nitrogens is 4. The lowest BCUT2D eigenvalue weighted by Crippen LogP contribution is -2.22. The number of nitrogens with zero attached hydrogens (tertiary/aromatic N) is 3. The van der Waals surface area contributed by atoms with Gasteiger partial charge in [-0.05, 0) is 86.3 Å². The van der Waals surface area contributed by atoms with Crippen LogP contribution in [0.1, 0.15) is 60.5 Å². The van der Waals surface area contributed by atoms with Gasteiger partial charge in [-0.15, -0.1) is 0 Å². The minimum Gasteiger partial charge on any atom is -0.363 e. The van der Waals surface area contributed by atoms with Crippen LogP contribution in [0.15, 0.2) is 66.7 Å². The van der Waals surface area contributed by atoms with Gasteiger partial charge in [-0.1, -0.05) is 30.3 Å². The van der Waals surface area contributed by atoms with E-state index in [0.29, 0.717) is 12.1 Å². The topological polar surface area (TPSA) is 84.7 Å². The minimum atomic E-state index is 0.346. The molecule has 2 fully saturated rings. The second kappa shape index (κ2) is 9.65. The predicted octanol–water partition coefficient (Wildman–Crippen LogP) is 5.50. The number of H-pyrrole nitrogens is 2. The Kier molecular flexibility index (Phi) is 5.87. The zero-order chi connectivity index (χ0) is 24.6. The summed E-state index contributed by atoms with van der Waals surface area (Å²) >= 11 is 0. The molecule has 2 saturated heterocycles. The third kappa shape index (κ3) is 4.61. The normalized spacial score (nSPS) is 19.8. The summed E-state index contributed by atoms with van der Waals surface area (Å²) in [5.74, 6) is 2.12. The number of aromatic amines is 2. The molecule has 37 heavy (non-hydrogen) atoms. The summed E-state index contributed by atoms with van der Waals surface area (Å²) in [7, 11) is 0. The SMILES string of the molecule is c1ccc(N(Cc2ccc3[nH]c(C4CCCN4)nc3c2)Cc2ccc3[nH]c(C4CCCN4)nc3c2)cc1. The van der Waals surface area contributed by atoms with Crippen molar-refractivity contribution >= 4 is 27.8 Å². The van der Waals surface area contributed by atoms with Gasteiger partial charge in [0.1, 0.15) is 11.6 Å². The summed E-state index contributed by atoms with van der Waals surface area (Å²) in [6, 6.07) is 24.6. The van der Waals surface area contributed by atoms with Crippen molar-refractivity contribution in [3.8, 4) is 0 Å². The number of hydrogen-bond donors (Lipinski definition) is 4. The van der Waals surface area contributed by atoms with Gasteiger partial charge >= 0.3 is 0 Å². The molecule has 2 unspecified atom stereocenters. The molecule has 7 heteroatoms. The molecule has 2 aromatic heterocycles. The molecule has 2 aliphatic rings. The Morgan fingerprint density at radius 1 is 0.676 bits per heavy atom. The lowest BCUT2D eigenvalue weighted by atomic mass is 10.1. The maximum atomic E-state index is 4.94. The van der Waals surface area contributed by atoms with E-state index in [2.05, 4.69) is 92.2 Å². The predicted molar refractivity (Wildman–Crippen MR) is 148 cm³/mol. The van der Waals surface area contributed by atoms with E-state index in [-0.39, 0.29) is 0 Å². The highest BCUT2D eigenvalue weighted by Crippen LogP contribution is 2.27. The Bertz CT molecular complexity index is 1410. The Labute approximate surface area is 216 Å². The van der Waals surface area contributed by atoms with E-state index < -0.39 is 0 Å². The lowest BCUT2D eigenvalue weighted by molar-refractivity contribution is 0.614. The van der Waals surface area contributed by atoms with Gasteiger partial charge in [0.2, 0.25) is 0 Å². The highest BCUT2D eigenvalue weighted by Gasteiger charge is 2.21. The van der Waals surface area contributed by atoms with E-state index in [1.54, 1.807) is 0 Å². The molecule has 4 heterocycles. The maximum absolute atomic E-state index is 4.94. The second-order valence-electron chi connectivity index (χ2n) is 10.4. The second-order valence-corrected chi connectivity index (χ2v) is 10.4. The number of rotatable bonds is 7. The van der Waals surface area contributed by atoms with Crippen molar-refractivity contribution in [3.05, 3.63) is 89.5 Å². The summed E-state index contributed by atoms with van der Waals surface area (Å²) in [6.45, 7) is 3.75. The Morgan fingerprint density at radius 3 is 1.70 bits per heavy atom. The van der Waals surface area contributed by atoms with Crippen LogP contribution in [0.2, 0.25) is 0 Å². The number of para-hydroxylation sites is 1. The molecule has 5 aromatic rings. The first kappa shape index (κ1) is 22.5. The Hall–Kier alpha value is -3.68. The van der Waals surface area contributed by atoms with E-state index >= 15 is 0 Å². The van der Waals surface area contributed by atoms with Crippen LogP contribution in [0.25, 0.3) is 22.1 Å². The van der Waals surface area contributed by atoms with Crippen molar-refractivity contribution in [2.45, 2.75) is 50.9 Å². The molecule has 0 radical (unpaired) electrons. The summed E-state index contributed by atoms with van der Waals surface area (Å²) in [5, 5.41) is 7.09. The van der Waals surface area contributed by atoms with Crippen LogP contribution in [-0.4, -0.2) is 33.0 Å². The first-order chi connectivity index (χ1) is 18.3. The number of fused-ring (bicyclic) bond motifs is 2. The molecule has 0 bridgehead atoms. The molecule has 188 valence electrons. The van der Waals surface area contributed by atoms with E-state index in [1.165, 1.54) is 29.7 Å². The van der Waals surface area contributed by atoms with Crippen molar-refractivity contribution in [1.29, 1.82) is 0 Å². The fourth-order valence-electron chi connectivity index (χ4n) is 5.82. The summed E-state index contributed by atoms with van der Waals surface area (Å²) in [5.41, 5.74) is 8.01. The standard InChI is InChI=1S/C30H33N7/c1-2-6-22(7-3-1)37(18-20-10-12-23-27(16-20)35-29(33-23)25-8-4-14-31-25)19-21-11-13-24-28(17-21)36-30(34-24)26-9-5-15-32-26/h1-3,6-7,10-13,16-17,25-26,31-32H,4-5,8-9,14-15,18-19H2,(H,33,35)(H,34,36). The lowest BCUT2D eigenvalue weighted by Gasteiger charge is -2.25. The molecular weight excluding hydrogens is 458 g/mol. The van der Waals surface area contributed by atoms with E-state index in [4.69, 9.17) is 9.97 Å². The van der Waals surface area contributed by atoms with Gasteiger partial charge in [0, 0.05) is 18.8 Å². The smallest absolute Gasteiger partial charge is 0.124 e. The summed E-state index contributed by atoms with van der Waals surface area (Å²) in [4.78, 5) is 19.4. The molecule has 7 nitrogen and oxygen atoms in total. The number of hydrogen-bond acceptors (Lipinski definition) is 5. The summed E-state index contributed by atoms with van der Waals surface area (Å²) < 4.78 is 0. The van der Waals surface area contributed by atoms with Crippen molar-refractivity contribution in [1.82, 2.24) is 30.6 Å². The molecule has 3 aromatic carbocycles. The fraction of sp³-hybridized carbons (Fsp3) is 0.333. The molecule has 2 atom stereocenters.